The molecular formula is C17H29N3O. The Morgan fingerprint density at radius 2 is 2.14 bits per heavy atom. The molecule has 0 bridgehead atoms. The van der Waals surface area contributed by atoms with Gasteiger partial charge in [0.15, 0.2) is 0 Å². The smallest absolute Gasteiger partial charge is 0.0870 e. The summed E-state index contributed by atoms with van der Waals surface area (Å²) in [6.07, 6.45) is 9.60. The van der Waals surface area contributed by atoms with Crippen LogP contribution in [0.1, 0.15) is 64.1 Å². The van der Waals surface area contributed by atoms with Gasteiger partial charge in [0.05, 0.1) is 17.3 Å². The molecule has 4 nitrogen and oxygen atoms in total. The zero-order valence-corrected chi connectivity index (χ0v) is 13.5. The fraction of sp³-hybridized carbons (Fsp3) is 0.824. The van der Waals surface area contributed by atoms with Gasteiger partial charge in [0.2, 0.25) is 0 Å². The van der Waals surface area contributed by atoms with Crippen LogP contribution in [0.5, 0.6) is 0 Å². The Bertz CT molecular complexity index is 468. The summed E-state index contributed by atoms with van der Waals surface area (Å²) < 4.78 is 2.09. The molecule has 2 fully saturated rings. The first kappa shape index (κ1) is 15.0. The van der Waals surface area contributed by atoms with Gasteiger partial charge in [0.1, 0.15) is 0 Å². The average Bonchev–Trinajstić information content (AvgIpc) is 3.07. The number of piperidine rings is 1. The summed E-state index contributed by atoms with van der Waals surface area (Å²) in [5.74, 6) is 0. The molecule has 2 aliphatic heterocycles. The molecule has 1 N–H and O–H groups in total. The second kappa shape index (κ2) is 6.09. The van der Waals surface area contributed by atoms with Crippen LogP contribution in [0, 0.1) is 0 Å². The van der Waals surface area contributed by atoms with Gasteiger partial charge in [-0.1, -0.05) is 20.3 Å². The highest BCUT2D eigenvalue weighted by Gasteiger charge is 2.46. The van der Waals surface area contributed by atoms with Gasteiger partial charge in [0, 0.05) is 25.2 Å². The molecule has 0 aliphatic carbocycles. The maximum atomic E-state index is 11.1. The Balaban J connectivity index is 1.71. The third-order valence-corrected chi connectivity index (χ3v) is 5.53. The number of fused-ring (bicyclic) bond motifs is 1. The minimum absolute atomic E-state index is 0.351. The van der Waals surface area contributed by atoms with Crippen molar-refractivity contribution in [2.45, 2.75) is 76.5 Å². The van der Waals surface area contributed by atoms with E-state index in [1.54, 1.807) is 0 Å². The summed E-state index contributed by atoms with van der Waals surface area (Å²) in [6.45, 7) is 6.63. The van der Waals surface area contributed by atoms with Crippen LogP contribution in [0.4, 0.5) is 0 Å². The SMILES string of the molecule is CCC(CC)n1ccc(CC2(O)CCN3CCCCC32)n1. The zero-order chi connectivity index (χ0) is 14.9. The Morgan fingerprint density at radius 1 is 1.33 bits per heavy atom. The van der Waals surface area contributed by atoms with Crippen LogP contribution in [0.2, 0.25) is 0 Å². The average molecular weight is 291 g/mol. The largest absolute Gasteiger partial charge is 0.388 e. The molecular weight excluding hydrogens is 262 g/mol. The molecule has 2 unspecified atom stereocenters. The predicted octanol–water partition coefficient (Wildman–Crippen LogP) is 2.78. The number of nitrogens with zero attached hydrogens (tertiary/aromatic N) is 3. The van der Waals surface area contributed by atoms with Gasteiger partial charge in [-0.05, 0) is 44.7 Å². The summed E-state index contributed by atoms with van der Waals surface area (Å²) >= 11 is 0. The summed E-state index contributed by atoms with van der Waals surface area (Å²) in [4.78, 5) is 2.49. The molecule has 2 atom stereocenters. The van der Waals surface area contributed by atoms with E-state index < -0.39 is 5.60 Å². The minimum atomic E-state index is -0.562. The number of hydrogen-bond donors (Lipinski definition) is 1. The van der Waals surface area contributed by atoms with Crippen molar-refractivity contribution in [3.05, 3.63) is 18.0 Å². The van der Waals surface area contributed by atoms with Crippen LogP contribution < -0.4 is 0 Å². The van der Waals surface area contributed by atoms with Crippen LogP contribution in [0.15, 0.2) is 12.3 Å². The summed E-state index contributed by atoms with van der Waals surface area (Å²) in [5.41, 5.74) is 0.491. The van der Waals surface area contributed by atoms with E-state index in [1.165, 1.54) is 12.8 Å². The van der Waals surface area contributed by atoms with Gasteiger partial charge in [-0.2, -0.15) is 5.10 Å². The predicted molar refractivity (Wildman–Crippen MR) is 84.3 cm³/mol. The normalized spacial score (nSPS) is 30.0. The van der Waals surface area contributed by atoms with Crippen LogP contribution >= 0.6 is 0 Å². The Labute approximate surface area is 128 Å². The van der Waals surface area contributed by atoms with Crippen LogP contribution in [0.3, 0.4) is 0 Å². The molecule has 4 heteroatoms. The van der Waals surface area contributed by atoms with Crippen molar-refractivity contribution in [3.63, 3.8) is 0 Å². The maximum absolute atomic E-state index is 11.1. The van der Waals surface area contributed by atoms with E-state index >= 15 is 0 Å². The van der Waals surface area contributed by atoms with Gasteiger partial charge < -0.3 is 5.11 Å². The highest BCUT2D eigenvalue weighted by molar-refractivity contribution is 5.11. The quantitative estimate of drug-likeness (QED) is 0.907. The Morgan fingerprint density at radius 3 is 2.90 bits per heavy atom. The van der Waals surface area contributed by atoms with Crippen molar-refractivity contribution >= 4 is 0 Å². The van der Waals surface area contributed by atoms with E-state index in [2.05, 4.69) is 35.7 Å². The summed E-state index contributed by atoms with van der Waals surface area (Å²) in [6, 6.07) is 2.94. The van der Waals surface area contributed by atoms with E-state index in [1.807, 2.05) is 0 Å². The molecule has 2 aliphatic rings. The molecule has 0 aromatic carbocycles. The molecule has 0 saturated carbocycles. The van der Waals surface area contributed by atoms with Gasteiger partial charge in [-0.3, -0.25) is 9.58 Å². The second-order valence-corrected chi connectivity index (χ2v) is 6.84. The van der Waals surface area contributed by atoms with Gasteiger partial charge in [0.25, 0.3) is 0 Å². The lowest BCUT2D eigenvalue weighted by Crippen LogP contribution is -2.48. The molecule has 3 heterocycles. The molecule has 118 valence electrons. The standard InChI is InChI=1S/C17H29N3O/c1-3-15(4-2)20-11-8-14(18-20)13-17(21)9-12-19-10-6-5-7-16(17)19/h8,11,15-16,21H,3-7,9-10,12-13H2,1-2H3. The van der Waals surface area contributed by atoms with Crippen molar-refractivity contribution in [2.24, 2.45) is 0 Å². The summed E-state index contributed by atoms with van der Waals surface area (Å²) in [7, 11) is 0. The molecule has 1 aromatic rings. The van der Waals surface area contributed by atoms with Crippen molar-refractivity contribution in [1.82, 2.24) is 14.7 Å². The first-order valence-corrected chi connectivity index (χ1v) is 8.66. The number of aromatic nitrogens is 2. The molecule has 0 radical (unpaired) electrons. The lowest BCUT2D eigenvalue weighted by atomic mass is 9.85. The molecule has 1 aromatic heterocycles. The van der Waals surface area contributed by atoms with Gasteiger partial charge in [-0.25, -0.2) is 0 Å². The van der Waals surface area contributed by atoms with Crippen molar-refractivity contribution in [2.75, 3.05) is 13.1 Å². The lowest BCUT2D eigenvalue weighted by molar-refractivity contribution is -0.00969. The second-order valence-electron chi connectivity index (χ2n) is 6.84. The van der Waals surface area contributed by atoms with E-state index in [-0.39, 0.29) is 0 Å². The number of rotatable bonds is 5. The van der Waals surface area contributed by atoms with Crippen LogP contribution in [-0.4, -0.2) is 44.5 Å². The maximum Gasteiger partial charge on any atom is 0.0870 e. The highest BCUT2D eigenvalue weighted by atomic mass is 16.3. The summed E-state index contributed by atoms with van der Waals surface area (Å²) in [5, 5.41) is 15.8. The van der Waals surface area contributed by atoms with Crippen molar-refractivity contribution in [3.8, 4) is 0 Å². The third kappa shape index (κ3) is 2.88. The van der Waals surface area contributed by atoms with Crippen LogP contribution in [-0.2, 0) is 6.42 Å². The molecule has 0 amide bonds. The fourth-order valence-corrected chi connectivity index (χ4v) is 4.23. The van der Waals surface area contributed by atoms with E-state index in [0.29, 0.717) is 18.5 Å². The van der Waals surface area contributed by atoms with Crippen molar-refractivity contribution < 1.29 is 5.11 Å². The molecule has 21 heavy (non-hydrogen) atoms. The van der Waals surface area contributed by atoms with Gasteiger partial charge >= 0.3 is 0 Å². The molecule has 0 spiro atoms. The van der Waals surface area contributed by atoms with Crippen molar-refractivity contribution in [1.29, 1.82) is 0 Å². The highest BCUT2D eigenvalue weighted by Crippen LogP contribution is 2.37. The minimum Gasteiger partial charge on any atom is -0.388 e. The number of hydrogen-bond acceptors (Lipinski definition) is 3. The monoisotopic (exact) mass is 291 g/mol. The van der Waals surface area contributed by atoms with E-state index in [4.69, 9.17) is 5.10 Å². The first-order chi connectivity index (χ1) is 10.2. The third-order valence-electron chi connectivity index (χ3n) is 5.53. The van der Waals surface area contributed by atoms with E-state index in [0.717, 1.165) is 44.5 Å². The molecule has 3 rings (SSSR count). The van der Waals surface area contributed by atoms with Gasteiger partial charge in [-0.15, -0.1) is 0 Å². The van der Waals surface area contributed by atoms with E-state index in [9.17, 15) is 5.11 Å². The Hall–Kier alpha value is -0.870. The topological polar surface area (TPSA) is 41.3 Å². The Kier molecular flexibility index (Phi) is 4.36. The number of aliphatic hydroxyl groups is 1. The molecule has 2 saturated heterocycles. The first-order valence-electron chi connectivity index (χ1n) is 8.66. The zero-order valence-electron chi connectivity index (χ0n) is 13.5. The fourth-order valence-electron chi connectivity index (χ4n) is 4.23. The lowest BCUT2D eigenvalue weighted by Gasteiger charge is -2.37. The van der Waals surface area contributed by atoms with Crippen LogP contribution in [0.25, 0.3) is 0 Å².